The molecule has 4 aromatic carbocycles. The molecule has 0 unspecified atom stereocenters. The molecule has 53 heavy (non-hydrogen) atoms. The molecule has 0 fully saturated rings. The maximum Gasteiger partial charge on any atom is 3.00 e. The Balaban J connectivity index is 0.000000251. The molecule has 5 heteroatoms. The van der Waals surface area contributed by atoms with Crippen molar-refractivity contribution in [3.8, 4) is 22.4 Å². The minimum absolute atomic E-state index is 0. The Morgan fingerprint density at radius 1 is 0.906 bits per heavy atom. The predicted molar refractivity (Wildman–Crippen MR) is 219 cm³/mol. The van der Waals surface area contributed by atoms with Gasteiger partial charge in [-0.3, -0.25) is 0 Å². The molecule has 3 aromatic heterocycles. The number of fused-ring (bicyclic) bond motifs is 3. The molecular formula is C48H44IrN3O. The Hall–Kier alpha value is -5.22. The van der Waals surface area contributed by atoms with E-state index in [-0.39, 0.29) is 42.6 Å². The van der Waals surface area contributed by atoms with Crippen molar-refractivity contribution >= 4 is 39.4 Å². The number of hydrogen-bond donors (Lipinski definition) is 0. The van der Waals surface area contributed by atoms with Crippen LogP contribution in [-0.4, -0.2) is 16.2 Å². The summed E-state index contributed by atoms with van der Waals surface area (Å²) in [4.78, 5) is 8.44. The maximum atomic E-state index is 9.56. The Bertz CT molecular complexity index is 2830. The predicted octanol–water partition coefficient (Wildman–Crippen LogP) is 12.6. The number of hydrogen-bond acceptors (Lipinski definition) is 3. The van der Waals surface area contributed by atoms with Gasteiger partial charge in [-0.1, -0.05) is 106 Å². The number of nitrogens with zero attached hydrogens (tertiary/aromatic N) is 3. The first kappa shape index (κ1) is 26.5. The first-order valence-corrected chi connectivity index (χ1v) is 16.7. The minimum Gasteiger partial charge on any atom is -0.811 e. The van der Waals surface area contributed by atoms with Gasteiger partial charge in [0.2, 0.25) is 5.71 Å². The minimum atomic E-state index is -2.33. The van der Waals surface area contributed by atoms with E-state index in [2.05, 4.69) is 22.1 Å². The van der Waals surface area contributed by atoms with Crippen molar-refractivity contribution in [2.45, 2.75) is 54.6 Å². The zero-order valence-corrected chi connectivity index (χ0v) is 32.1. The van der Waals surface area contributed by atoms with Gasteiger partial charge in [0.1, 0.15) is 0 Å². The van der Waals surface area contributed by atoms with Crippen LogP contribution in [-0.2, 0) is 26.5 Å². The first-order chi connectivity index (χ1) is 29.4. The molecule has 0 atom stereocenters. The van der Waals surface area contributed by atoms with Gasteiger partial charge in [0.05, 0.1) is 5.58 Å². The molecule has 7 rings (SSSR count). The van der Waals surface area contributed by atoms with Crippen molar-refractivity contribution in [2.75, 3.05) is 0 Å². The molecule has 0 bridgehead atoms. The number of rotatable bonds is 7. The van der Waals surface area contributed by atoms with Crippen LogP contribution >= 0.6 is 0 Å². The van der Waals surface area contributed by atoms with Crippen molar-refractivity contribution in [1.82, 2.24) is 9.97 Å². The van der Waals surface area contributed by atoms with Crippen LogP contribution in [0.3, 0.4) is 0 Å². The van der Waals surface area contributed by atoms with Crippen LogP contribution in [0.1, 0.15) is 76.3 Å². The summed E-state index contributed by atoms with van der Waals surface area (Å²) in [7, 11) is 0. The third-order valence-electron chi connectivity index (χ3n) is 8.14. The van der Waals surface area contributed by atoms with Crippen LogP contribution in [0.15, 0.2) is 126 Å². The van der Waals surface area contributed by atoms with E-state index in [4.69, 9.17) is 19.5 Å². The summed E-state index contributed by atoms with van der Waals surface area (Å²) < 4.78 is 91.3. The van der Waals surface area contributed by atoms with Crippen molar-refractivity contribution in [1.29, 1.82) is 0 Å². The summed E-state index contributed by atoms with van der Waals surface area (Å²) in [6, 6.07) is 35.7. The molecule has 3 heterocycles. The zero-order valence-electron chi connectivity index (χ0n) is 40.7. The summed E-state index contributed by atoms with van der Waals surface area (Å²) in [5.41, 5.74) is 6.87. The van der Waals surface area contributed by atoms with E-state index in [0.717, 1.165) is 28.3 Å². The molecule has 0 spiro atoms. The summed E-state index contributed by atoms with van der Waals surface area (Å²) in [6.07, 6.45) is 4.25. The fraction of sp³-hybridized carbons (Fsp3) is 0.188. The molecular weight excluding hydrogens is 827 g/mol. The Morgan fingerprint density at radius 2 is 1.72 bits per heavy atom. The van der Waals surface area contributed by atoms with Gasteiger partial charge >= 0.3 is 20.1 Å². The van der Waals surface area contributed by atoms with E-state index in [1.54, 1.807) is 72.8 Å². The van der Waals surface area contributed by atoms with Crippen molar-refractivity contribution in [3.63, 3.8) is 0 Å². The molecule has 7 aromatic rings. The number of aromatic nitrogens is 2. The molecule has 0 aliphatic rings. The third kappa shape index (κ3) is 9.61. The van der Waals surface area contributed by atoms with Crippen LogP contribution in [0.4, 0.5) is 0 Å². The molecule has 0 aliphatic carbocycles. The van der Waals surface area contributed by atoms with Crippen LogP contribution in [0.5, 0.6) is 0 Å². The Morgan fingerprint density at radius 3 is 2.43 bits per heavy atom. The van der Waals surface area contributed by atoms with Crippen molar-refractivity contribution in [2.24, 2.45) is 5.41 Å². The smallest absolute Gasteiger partial charge is 0.811 e. The molecule has 4 nitrogen and oxygen atoms in total. The van der Waals surface area contributed by atoms with E-state index in [1.165, 1.54) is 18.3 Å². The van der Waals surface area contributed by atoms with Gasteiger partial charge in [0.15, 0.2) is 0 Å². The second-order valence-corrected chi connectivity index (χ2v) is 13.3. The molecule has 0 saturated heterocycles. The fourth-order valence-corrected chi connectivity index (χ4v) is 5.78. The zero-order chi connectivity index (χ0) is 46.1. The average Bonchev–Trinajstić information content (AvgIpc) is 3.61. The number of aryl methyl sites for hydroxylation is 3. The number of allylic oxidation sites excluding steroid dienone is 4. The largest absolute Gasteiger partial charge is 3.00 e. The molecule has 266 valence electrons. The quantitative estimate of drug-likeness (QED) is 0.0910. The van der Waals surface area contributed by atoms with Crippen molar-refractivity contribution in [3.05, 3.63) is 173 Å². The van der Waals surface area contributed by atoms with Gasteiger partial charge in [-0.25, -0.2) is 4.98 Å². The second kappa shape index (κ2) is 17.1. The van der Waals surface area contributed by atoms with Crippen LogP contribution in [0.2, 0.25) is 0 Å². The molecule has 0 radical (unpaired) electrons. The summed E-state index contributed by atoms with van der Waals surface area (Å²) >= 11 is 0. The van der Waals surface area contributed by atoms with Gasteiger partial charge in [-0.05, 0) is 83.6 Å². The monoisotopic (exact) mass is 882 g/mol. The van der Waals surface area contributed by atoms with Gasteiger partial charge < -0.3 is 14.8 Å². The fourth-order valence-electron chi connectivity index (χ4n) is 5.78. The average molecular weight is 882 g/mol. The standard InChI is InChI=1S/C29H28N2O.C19H16N.Ir/c1-19(17-23(15-16-30)22-12-10-21(11-13-22)18-29(3,4)5)24-7-6-8-25-26-14-9-20(2)31-28(26)32-27(24)25;1-14-10-11-19(20-13-14)17-8-5-7-16(12-17)18-9-4-3-6-15(18)2;/h6,8-17H,18H2,1-5H3;3-7,9-13H,1-2H3;/q-2;-1;+3/b19-17+,23-15+;;/i2D3,18D2;1D3,2D3;. The Labute approximate surface area is 343 Å². The second-order valence-electron chi connectivity index (χ2n) is 13.3. The maximum absolute atomic E-state index is 9.56. The number of benzene rings is 4. The Kier molecular flexibility index (Phi) is 8.55. The van der Waals surface area contributed by atoms with E-state index in [1.807, 2.05) is 58.0 Å². The number of furan rings is 1. The van der Waals surface area contributed by atoms with Gasteiger partial charge in [0, 0.05) is 32.4 Å². The third-order valence-corrected chi connectivity index (χ3v) is 8.14. The van der Waals surface area contributed by atoms with Crippen LogP contribution < -0.4 is 0 Å². The SMILES string of the molecule is [2H]C([2H])([2H])c1ccc(-c2[c-]ccc(-c3ccccc3C([2H])([2H])[2H])c2)nc1.[2H]C([2H])([2H])c1ccc2c(n1)oc1c(/C(C)=C/C(=C\C=[N-])c3ccc(C([2H])([2H])C(C)(C)C)cc3)[c-]ccc12.[Ir+3]. The van der Waals surface area contributed by atoms with Crippen LogP contribution in [0.25, 0.3) is 61.0 Å². The van der Waals surface area contributed by atoms with Gasteiger partial charge in [-0.2, -0.15) is 6.21 Å². The molecule has 0 amide bonds. The summed E-state index contributed by atoms with van der Waals surface area (Å²) in [5, 5.41) is 11.1. The molecule has 0 N–H and O–H groups in total. The van der Waals surface area contributed by atoms with E-state index in [0.29, 0.717) is 44.5 Å². The van der Waals surface area contributed by atoms with Gasteiger partial charge in [-0.15, -0.1) is 64.7 Å². The summed E-state index contributed by atoms with van der Waals surface area (Å²) in [6.45, 7) is 0.763. The summed E-state index contributed by atoms with van der Waals surface area (Å²) in [5.74, 6) is 0. The van der Waals surface area contributed by atoms with E-state index < -0.39 is 32.3 Å². The van der Waals surface area contributed by atoms with Gasteiger partial charge in [0.25, 0.3) is 0 Å². The van der Waals surface area contributed by atoms with Crippen LogP contribution in [0, 0.1) is 38.1 Å². The molecule has 0 saturated carbocycles. The number of pyridine rings is 2. The first-order valence-electron chi connectivity index (χ1n) is 22.2. The van der Waals surface area contributed by atoms with E-state index in [9.17, 15) is 5.41 Å². The normalized spacial score (nSPS) is 16.0. The molecule has 0 aliphatic heterocycles. The topological polar surface area (TPSA) is 61.2 Å². The van der Waals surface area contributed by atoms with Crippen molar-refractivity contribution < 1.29 is 39.6 Å². The van der Waals surface area contributed by atoms with E-state index >= 15 is 0 Å².